The number of nitrogens with one attached hydrogen (secondary N) is 1. The van der Waals surface area contributed by atoms with Gasteiger partial charge >= 0.3 is 0 Å². The Kier molecular flexibility index (Phi) is 7.59. The number of hydrogen-bond donors (Lipinski definition) is 1. The zero-order valence-electron chi connectivity index (χ0n) is 16.3. The molecule has 0 radical (unpaired) electrons. The first-order valence-electron chi connectivity index (χ1n) is 8.93. The van der Waals surface area contributed by atoms with Crippen LogP contribution in [0.3, 0.4) is 0 Å². The first kappa shape index (κ1) is 21.2. The van der Waals surface area contributed by atoms with Crippen molar-refractivity contribution in [1.82, 2.24) is 9.62 Å². The third-order valence-corrected chi connectivity index (χ3v) is 6.40. The summed E-state index contributed by atoms with van der Waals surface area (Å²) < 4.78 is 31.6. The van der Waals surface area contributed by atoms with Gasteiger partial charge in [0.2, 0.25) is 10.0 Å². The van der Waals surface area contributed by atoms with Crippen LogP contribution in [0.2, 0.25) is 0 Å². The molecule has 0 fully saturated rings. The molecule has 2 aromatic carbocycles. The molecule has 0 saturated carbocycles. The summed E-state index contributed by atoms with van der Waals surface area (Å²) in [6, 6.07) is 14.8. The van der Waals surface area contributed by atoms with Crippen molar-refractivity contribution in [2.24, 2.45) is 0 Å². The maximum Gasteiger partial charge on any atom is 0.243 e. The Labute approximate surface area is 162 Å². The van der Waals surface area contributed by atoms with E-state index in [4.69, 9.17) is 4.74 Å². The van der Waals surface area contributed by atoms with Gasteiger partial charge in [-0.2, -0.15) is 4.31 Å². The van der Waals surface area contributed by atoms with Crippen molar-refractivity contribution in [2.75, 3.05) is 20.7 Å². The van der Waals surface area contributed by atoms with Crippen molar-refractivity contribution in [1.29, 1.82) is 0 Å². The molecule has 0 bridgehead atoms. The zero-order valence-corrected chi connectivity index (χ0v) is 17.2. The standard InChI is InChI=1S/C21H28N2O3S/c1-17(2)23(3)27(24,25)20-13-11-18(12-14-20)16-22-15-7-9-19-8-5-6-10-21(19)26-4/h5-14,17,22H,15-16H2,1-4H3/b9-7+. The Morgan fingerprint density at radius 3 is 2.41 bits per heavy atom. The summed E-state index contributed by atoms with van der Waals surface area (Å²) in [6.07, 6.45) is 4.05. The van der Waals surface area contributed by atoms with Gasteiger partial charge in [0.1, 0.15) is 5.75 Å². The number of benzene rings is 2. The summed E-state index contributed by atoms with van der Waals surface area (Å²) in [6.45, 7) is 5.08. The lowest BCUT2D eigenvalue weighted by atomic mass is 10.2. The van der Waals surface area contributed by atoms with Gasteiger partial charge in [0.15, 0.2) is 0 Å². The molecule has 0 heterocycles. The van der Waals surface area contributed by atoms with Crippen LogP contribution in [0.4, 0.5) is 0 Å². The van der Waals surface area contributed by atoms with E-state index in [0.29, 0.717) is 18.0 Å². The van der Waals surface area contributed by atoms with E-state index in [1.54, 1.807) is 26.3 Å². The molecule has 5 nitrogen and oxygen atoms in total. The minimum Gasteiger partial charge on any atom is -0.496 e. The second kappa shape index (κ2) is 9.69. The zero-order chi connectivity index (χ0) is 19.9. The molecule has 0 saturated heterocycles. The summed E-state index contributed by atoms with van der Waals surface area (Å²) in [4.78, 5) is 0.318. The van der Waals surface area contributed by atoms with E-state index >= 15 is 0 Å². The molecule has 0 unspecified atom stereocenters. The predicted molar refractivity (Wildman–Crippen MR) is 110 cm³/mol. The molecule has 0 amide bonds. The number of methoxy groups -OCH3 is 1. The second-order valence-electron chi connectivity index (χ2n) is 6.53. The molecular formula is C21H28N2O3S. The summed E-state index contributed by atoms with van der Waals surface area (Å²) in [5.41, 5.74) is 2.07. The molecule has 0 aliphatic heterocycles. The number of ether oxygens (including phenoxy) is 1. The van der Waals surface area contributed by atoms with E-state index in [2.05, 4.69) is 5.32 Å². The molecule has 0 aliphatic carbocycles. The minimum absolute atomic E-state index is 0.0774. The number of rotatable bonds is 9. The second-order valence-corrected chi connectivity index (χ2v) is 8.53. The van der Waals surface area contributed by atoms with Crippen molar-refractivity contribution in [2.45, 2.75) is 31.3 Å². The van der Waals surface area contributed by atoms with Crippen LogP contribution in [0.5, 0.6) is 5.75 Å². The van der Waals surface area contributed by atoms with Crippen molar-refractivity contribution in [3.05, 3.63) is 65.7 Å². The van der Waals surface area contributed by atoms with Crippen LogP contribution >= 0.6 is 0 Å². The monoisotopic (exact) mass is 388 g/mol. The van der Waals surface area contributed by atoms with Crippen LogP contribution in [-0.2, 0) is 16.6 Å². The van der Waals surface area contributed by atoms with Crippen LogP contribution in [0.25, 0.3) is 6.08 Å². The fourth-order valence-corrected chi connectivity index (χ4v) is 3.88. The maximum atomic E-state index is 12.5. The first-order valence-corrected chi connectivity index (χ1v) is 10.4. The molecule has 0 spiro atoms. The van der Waals surface area contributed by atoms with Gasteiger partial charge in [-0.25, -0.2) is 8.42 Å². The van der Waals surface area contributed by atoms with Gasteiger partial charge in [0.05, 0.1) is 12.0 Å². The fraction of sp³-hybridized carbons (Fsp3) is 0.333. The van der Waals surface area contributed by atoms with E-state index in [1.165, 1.54) is 4.31 Å². The molecule has 0 atom stereocenters. The van der Waals surface area contributed by atoms with Gasteiger partial charge in [-0.3, -0.25) is 0 Å². The molecular weight excluding hydrogens is 360 g/mol. The Hall–Kier alpha value is -2.15. The Morgan fingerprint density at radius 2 is 1.78 bits per heavy atom. The topological polar surface area (TPSA) is 58.6 Å². The molecule has 27 heavy (non-hydrogen) atoms. The van der Waals surface area contributed by atoms with Gasteiger partial charge in [-0.1, -0.05) is 42.5 Å². The molecule has 6 heteroatoms. The highest BCUT2D eigenvalue weighted by atomic mass is 32.2. The van der Waals surface area contributed by atoms with Crippen LogP contribution in [0, 0.1) is 0 Å². The molecule has 2 rings (SSSR count). The minimum atomic E-state index is -3.43. The summed E-state index contributed by atoms with van der Waals surface area (Å²) in [7, 11) is -0.170. The lowest BCUT2D eigenvalue weighted by molar-refractivity contribution is 0.410. The number of hydrogen-bond acceptors (Lipinski definition) is 4. The number of para-hydroxylation sites is 1. The fourth-order valence-electron chi connectivity index (χ4n) is 2.51. The quantitative estimate of drug-likeness (QED) is 0.668. The largest absolute Gasteiger partial charge is 0.496 e. The van der Waals surface area contributed by atoms with Gasteiger partial charge in [-0.05, 0) is 37.6 Å². The molecule has 2 aromatic rings. The lowest BCUT2D eigenvalue weighted by Crippen LogP contribution is -2.33. The average molecular weight is 389 g/mol. The number of nitrogens with zero attached hydrogens (tertiary/aromatic N) is 1. The van der Waals surface area contributed by atoms with Gasteiger partial charge in [-0.15, -0.1) is 0 Å². The van der Waals surface area contributed by atoms with Crippen molar-refractivity contribution < 1.29 is 13.2 Å². The van der Waals surface area contributed by atoms with E-state index in [1.807, 2.05) is 62.4 Å². The van der Waals surface area contributed by atoms with Gasteiger partial charge in [0, 0.05) is 31.7 Å². The van der Waals surface area contributed by atoms with Gasteiger partial charge < -0.3 is 10.1 Å². The maximum absolute atomic E-state index is 12.5. The molecule has 146 valence electrons. The van der Waals surface area contributed by atoms with E-state index < -0.39 is 10.0 Å². The Morgan fingerprint density at radius 1 is 1.11 bits per heavy atom. The molecule has 0 aliphatic rings. The predicted octanol–water partition coefficient (Wildman–Crippen LogP) is 3.53. The highest BCUT2D eigenvalue weighted by Crippen LogP contribution is 2.19. The molecule has 1 N–H and O–H groups in total. The summed E-state index contributed by atoms with van der Waals surface area (Å²) in [5.74, 6) is 0.844. The number of sulfonamides is 1. The normalized spacial score (nSPS) is 12.2. The van der Waals surface area contributed by atoms with Crippen LogP contribution < -0.4 is 10.1 Å². The third kappa shape index (κ3) is 5.66. The summed E-state index contributed by atoms with van der Waals surface area (Å²) >= 11 is 0. The van der Waals surface area contributed by atoms with Crippen molar-refractivity contribution in [3.63, 3.8) is 0 Å². The van der Waals surface area contributed by atoms with E-state index in [-0.39, 0.29) is 6.04 Å². The SMILES string of the molecule is COc1ccccc1/C=C/CNCc1ccc(S(=O)(=O)N(C)C(C)C)cc1. The first-order chi connectivity index (χ1) is 12.9. The third-order valence-electron chi connectivity index (χ3n) is 4.36. The van der Waals surface area contributed by atoms with E-state index in [9.17, 15) is 8.42 Å². The van der Waals surface area contributed by atoms with Crippen LogP contribution in [0.15, 0.2) is 59.5 Å². The summed E-state index contributed by atoms with van der Waals surface area (Å²) in [5, 5.41) is 3.32. The molecule has 0 aromatic heterocycles. The van der Waals surface area contributed by atoms with Crippen LogP contribution in [-0.4, -0.2) is 39.5 Å². The highest BCUT2D eigenvalue weighted by Gasteiger charge is 2.22. The van der Waals surface area contributed by atoms with Crippen LogP contribution in [0.1, 0.15) is 25.0 Å². The lowest BCUT2D eigenvalue weighted by Gasteiger charge is -2.21. The highest BCUT2D eigenvalue weighted by molar-refractivity contribution is 7.89. The van der Waals surface area contributed by atoms with Gasteiger partial charge in [0.25, 0.3) is 0 Å². The van der Waals surface area contributed by atoms with Crippen molar-refractivity contribution in [3.8, 4) is 5.75 Å². The Balaban J connectivity index is 1.89. The Bertz CT molecular complexity index is 859. The van der Waals surface area contributed by atoms with Crippen molar-refractivity contribution >= 4 is 16.1 Å². The smallest absolute Gasteiger partial charge is 0.243 e. The van der Waals surface area contributed by atoms with E-state index in [0.717, 1.165) is 16.9 Å². The average Bonchev–Trinajstić information content (AvgIpc) is 2.67.